The van der Waals surface area contributed by atoms with Crippen LogP contribution in [-0.2, 0) is 13.0 Å². The summed E-state index contributed by atoms with van der Waals surface area (Å²) in [5.74, 6) is 1.95. The SMILES string of the molecule is C1=C(CCNc2cc(N3CCc4ccccc4C3)ncn2)CCCC1. The molecule has 1 aliphatic carbocycles. The van der Waals surface area contributed by atoms with Crippen molar-refractivity contribution in [2.45, 2.75) is 45.1 Å². The maximum atomic E-state index is 4.50. The van der Waals surface area contributed by atoms with Crippen molar-refractivity contribution in [1.29, 1.82) is 0 Å². The van der Waals surface area contributed by atoms with E-state index in [1.807, 2.05) is 0 Å². The van der Waals surface area contributed by atoms with E-state index in [0.717, 1.165) is 44.1 Å². The molecule has 1 aromatic carbocycles. The summed E-state index contributed by atoms with van der Waals surface area (Å²) in [7, 11) is 0. The molecule has 4 nitrogen and oxygen atoms in total. The van der Waals surface area contributed by atoms with Gasteiger partial charge in [0.2, 0.25) is 0 Å². The molecule has 25 heavy (non-hydrogen) atoms. The van der Waals surface area contributed by atoms with Gasteiger partial charge in [0.15, 0.2) is 0 Å². The van der Waals surface area contributed by atoms with Gasteiger partial charge < -0.3 is 10.2 Å². The Morgan fingerprint density at radius 1 is 1.04 bits per heavy atom. The molecular weight excluding hydrogens is 308 g/mol. The number of allylic oxidation sites excluding steroid dienone is 1. The van der Waals surface area contributed by atoms with Crippen molar-refractivity contribution in [2.75, 3.05) is 23.3 Å². The lowest BCUT2D eigenvalue weighted by molar-refractivity contribution is 0.679. The van der Waals surface area contributed by atoms with Crippen LogP contribution >= 0.6 is 0 Å². The number of rotatable bonds is 5. The van der Waals surface area contributed by atoms with Gasteiger partial charge in [0.05, 0.1) is 0 Å². The standard InChI is InChI=1S/C21H26N4/c1-2-6-17(7-3-1)10-12-22-20-14-21(24-16-23-20)25-13-11-18-8-4-5-9-19(18)15-25/h4-6,8-9,14,16H,1-3,7,10-13,15H2,(H,22,23,24). The fraction of sp³-hybridized carbons (Fsp3) is 0.429. The zero-order chi connectivity index (χ0) is 16.9. The van der Waals surface area contributed by atoms with Gasteiger partial charge in [-0.2, -0.15) is 0 Å². The summed E-state index contributed by atoms with van der Waals surface area (Å²) in [5, 5.41) is 3.47. The highest BCUT2D eigenvalue weighted by Gasteiger charge is 2.17. The third-order valence-corrected chi connectivity index (χ3v) is 5.24. The summed E-state index contributed by atoms with van der Waals surface area (Å²) >= 11 is 0. The van der Waals surface area contributed by atoms with E-state index in [4.69, 9.17) is 0 Å². The minimum atomic E-state index is 0.930. The average Bonchev–Trinajstić information content (AvgIpc) is 2.69. The largest absolute Gasteiger partial charge is 0.370 e. The van der Waals surface area contributed by atoms with Crippen LogP contribution in [0.3, 0.4) is 0 Å². The third-order valence-electron chi connectivity index (χ3n) is 5.24. The Kier molecular flexibility index (Phi) is 4.96. The molecule has 0 saturated heterocycles. The van der Waals surface area contributed by atoms with Crippen LogP contribution in [-0.4, -0.2) is 23.1 Å². The van der Waals surface area contributed by atoms with E-state index in [1.54, 1.807) is 11.9 Å². The first-order valence-corrected chi connectivity index (χ1v) is 9.44. The van der Waals surface area contributed by atoms with E-state index in [9.17, 15) is 0 Å². The van der Waals surface area contributed by atoms with E-state index in [-0.39, 0.29) is 0 Å². The first kappa shape index (κ1) is 16.1. The molecule has 4 heteroatoms. The number of fused-ring (bicyclic) bond motifs is 1. The molecule has 1 N–H and O–H groups in total. The van der Waals surface area contributed by atoms with E-state index < -0.39 is 0 Å². The molecule has 130 valence electrons. The van der Waals surface area contributed by atoms with Gasteiger partial charge >= 0.3 is 0 Å². The lowest BCUT2D eigenvalue weighted by atomic mass is 9.97. The second kappa shape index (κ2) is 7.68. The van der Waals surface area contributed by atoms with Crippen LogP contribution in [0.1, 0.15) is 43.2 Å². The Morgan fingerprint density at radius 3 is 2.84 bits per heavy atom. The topological polar surface area (TPSA) is 41.0 Å². The molecule has 4 rings (SSSR count). The fourth-order valence-electron chi connectivity index (χ4n) is 3.79. The molecule has 0 atom stereocenters. The van der Waals surface area contributed by atoms with Crippen LogP contribution in [0, 0.1) is 0 Å². The van der Waals surface area contributed by atoms with Crippen LogP contribution < -0.4 is 10.2 Å². The van der Waals surface area contributed by atoms with Crippen LogP contribution in [0.25, 0.3) is 0 Å². The molecule has 0 radical (unpaired) electrons. The number of nitrogens with one attached hydrogen (secondary N) is 1. The van der Waals surface area contributed by atoms with Crippen molar-refractivity contribution in [3.05, 3.63) is 59.4 Å². The van der Waals surface area contributed by atoms with Crippen LogP contribution in [0.5, 0.6) is 0 Å². The summed E-state index contributed by atoms with van der Waals surface area (Å²) in [6.45, 7) is 2.89. The minimum absolute atomic E-state index is 0.930. The van der Waals surface area contributed by atoms with E-state index in [0.29, 0.717) is 0 Å². The molecule has 2 heterocycles. The van der Waals surface area contributed by atoms with Gasteiger partial charge in [0.25, 0.3) is 0 Å². The zero-order valence-electron chi connectivity index (χ0n) is 14.7. The molecular formula is C21H26N4. The van der Waals surface area contributed by atoms with Gasteiger partial charge in [0.1, 0.15) is 18.0 Å². The van der Waals surface area contributed by atoms with E-state index in [2.05, 4.69) is 56.6 Å². The summed E-state index contributed by atoms with van der Waals surface area (Å²) < 4.78 is 0. The van der Waals surface area contributed by atoms with E-state index >= 15 is 0 Å². The summed E-state index contributed by atoms with van der Waals surface area (Å²) in [4.78, 5) is 11.2. The Morgan fingerprint density at radius 2 is 1.96 bits per heavy atom. The smallest absolute Gasteiger partial charge is 0.134 e. The van der Waals surface area contributed by atoms with Gasteiger partial charge in [0, 0.05) is 25.7 Å². The first-order chi connectivity index (χ1) is 12.4. The van der Waals surface area contributed by atoms with Crippen LogP contribution in [0.15, 0.2) is 48.3 Å². The molecule has 2 aromatic rings. The molecule has 1 aliphatic heterocycles. The quantitative estimate of drug-likeness (QED) is 0.826. The highest BCUT2D eigenvalue weighted by molar-refractivity contribution is 5.50. The molecule has 0 bridgehead atoms. The number of aromatic nitrogens is 2. The lowest BCUT2D eigenvalue weighted by Gasteiger charge is -2.29. The van der Waals surface area contributed by atoms with Crippen molar-refractivity contribution >= 4 is 11.6 Å². The zero-order valence-corrected chi connectivity index (χ0v) is 14.7. The van der Waals surface area contributed by atoms with Crippen molar-refractivity contribution in [2.24, 2.45) is 0 Å². The second-order valence-electron chi connectivity index (χ2n) is 6.99. The van der Waals surface area contributed by atoms with E-state index in [1.165, 1.54) is 36.8 Å². The fourth-order valence-corrected chi connectivity index (χ4v) is 3.79. The Balaban J connectivity index is 1.37. The number of hydrogen-bond acceptors (Lipinski definition) is 4. The Labute approximate surface area is 150 Å². The van der Waals surface area contributed by atoms with Crippen molar-refractivity contribution in [3.8, 4) is 0 Å². The van der Waals surface area contributed by atoms with Gasteiger partial charge in [-0.15, -0.1) is 0 Å². The van der Waals surface area contributed by atoms with Crippen molar-refractivity contribution < 1.29 is 0 Å². The van der Waals surface area contributed by atoms with Crippen molar-refractivity contribution in [3.63, 3.8) is 0 Å². The number of hydrogen-bond donors (Lipinski definition) is 1. The average molecular weight is 334 g/mol. The highest BCUT2D eigenvalue weighted by Crippen LogP contribution is 2.24. The molecule has 1 aromatic heterocycles. The Hall–Kier alpha value is -2.36. The summed E-state index contributed by atoms with van der Waals surface area (Å²) in [5.41, 5.74) is 4.47. The highest BCUT2D eigenvalue weighted by atomic mass is 15.2. The molecule has 0 fully saturated rings. The number of nitrogens with zero attached hydrogens (tertiary/aromatic N) is 3. The van der Waals surface area contributed by atoms with Gasteiger partial charge in [-0.3, -0.25) is 0 Å². The van der Waals surface area contributed by atoms with Crippen LogP contribution in [0.2, 0.25) is 0 Å². The maximum Gasteiger partial charge on any atom is 0.134 e. The molecule has 2 aliphatic rings. The molecule has 0 amide bonds. The van der Waals surface area contributed by atoms with Crippen LogP contribution in [0.4, 0.5) is 11.6 Å². The predicted molar refractivity (Wildman–Crippen MR) is 103 cm³/mol. The normalized spacial score (nSPS) is 17.0. The number of anilines is 2. The first-order valence-electron chi connectivity index (χ1n) is 9.44. The van der Waals surface area contributed by atoms with Gasteiger partial charge in [-0.25, -0.2) is 9.97 Å². The Bertz CT molecular complexity index is 753. The predicted octanol–water partition coefficient (Wildman–Crippen LogP) is 4.34. The summed E-state index contributed by atoms with van der Waals surface area (Å²) in [6.07, 6.45) is 11.5. The monoisotopic (exact) mass is 334 g/mol. The van der Waals surface area contributed by atoms with Gasteiger partial charge in [-0.1, -0.05) is 35.9 Å². The number of benzene rings is 1. The summed E-state index contributed by atoms with van der Waals surface area (Å²) in [6, 6.07) is 10.8. The lowest BCUT2D eigenvalue weighted by Crippen LogP contribution is -2.31. The van der Waals surface area contributed by atoms with Crippen molar-refractivity contribution in [1.82, 2.24) is 9.97 Å². The molecule has 0 unspecified atom stereocenters. The maximum absolute atomic E-state index is 4.50. The third kappa shape index (κ3) is 4.01. The minimum Gasteiger partial charge on any atom is -0.370 e. The molecule has 0 saturated carbocycles. The molecule has 0 spiro atoms. The van der Waals surface area contributed by atoms with Gasteiger partial charge in [-0.05, 0) is 49.7 Å². The second-order valence-corrected chi connectivity index (χ2v) is 6.99.